The normalized spacial score (nSPS) is 10.4. The van der Waals surface area contributed by atoms with Crippen LogP contribution in [0.15, 0.2) is 18.2 Å². The third kappa shape index (κ3) is 6.28. The first kappa shape index (κ1) is 23.7. The summed E-state index contributed by atoms with van der Waals surface area (Å²) in [6.07, 6.45) is 0. The Morgan fingerprint density at radius 2 is 1.50 bits per heavy atom. The first-order valence-electron chi connectivity index (χ1n) is 5.67. The molecule has 0 saturated carbocycles. The van der Waals surface area contributed by atoms with Crippen molar-refractivity contribution in [3.05, 3.63) is 34.9 Å². The number of rotatable bonds is 3. The Hall–Kier alpha value is 1.43. The molecule has 0 aromatic heterocycles. The minimum Gasteiger partial charge on any atom is -0.549 e. The maximum Gasteiger partial charge on any atom is 1.00 e. The predicted octanol–water partition coefficient (Wildman–Crippen LogP) is -6.12. The number of benzene rings is 1. The summed E-state index contributed by atoms with van der Waals surface area (Å²) in [6, 6.07) is 5.06. The number of aliphatic carboxylic acids is 2. The van der Waals surface area contributed by atoms with Crippen LogP contribution < -0.4 is 113 Å². The predicted molar refractivity (Wildman–Crippen MR) is 62.6 cm³/mol. The van der Waals surface area contributed by atoms with Crippen LogP contribution in [0.4, 0.5) is 0 Å². The summed E-state index contributed by atoms with van der Waals surface area (Å²) in [6.45, 7) is 7.76. The average Bonchev–Trinajstić information content (AvgIpc) is 2.18. The van der Waals surface area contributed by atoms with E-state index in [0.717, 1.165) is 5.56 Å². The molecule has 6 heteroatoms. The van der Waals surface area contributed by atoms with Crippen molar-refractivity contribution in [3.63, 3.8) is 0 Å². The van der Waals surface area contributed by atoms with E-state index in [1.165, 1.54) is 6.07 Å². The third-order valence-corrected chi connectivity index (χ3v) is 2.92. The third-order valence-electron chi connectivity index (χ3n) is 2.92. The average molecular weight is 326 g/mol. The zero-order valence-corrected chi connectivity index (χ0v) is 19.2. The molecule has 0 fully saturated rings. The molecule has 0 aliphatic heterocycles. The van der Waals surface area contributed by atoms with Crippen molar-refractivity contribution in [2.45, 2.75) is 39.0 Å². The van der Waals surface area contributed by atoms with Crippen LogP contribution in [-0.2, 0) is 15.0 Å². The molecule has 4 nitrogen and oxygen atoms in total. The molecular formula is C14H16K2O4. The van der Waals surface area contributed by atoms with E-state index in [1.54, 1.807) is 19.1 Å². The van der Waals surface area contributed by atoms with Gasteiger partial charge in [-0.25, -0.2) is 0 Å². The van der Waals surface area contributed by atoms with Crippen LogP contribution in [0.5, 0.6) is 0 Å². The molecule has 0 saturated heterocycles. The van der Waals surface area contributed by atoms with Crippen LogP contribution in [0.2, 0.25) is 0 Å². The number of hydrogen-bond acceptors (Lipinski definition) is 4. The van der Waals surface area contributed by atoms with Crippen LogP contribution in [0.3, 0.4) is 0 Å². The second-order valence-electron chi connectivity index (χ2n) is 5.39. The van der Waals surface area contributed by atoms with Crippen molar-refractivity contribution >= 4 is 11.9 Å². The SMILES string of the molecule is Cc1cc(C(C)(C)C)ccc1C(C(=O)[O-])C(=O)[O-].[K+].[K+]. The van der Waals surface area contributed by atoms with Crippen molar-refractivity contribution in [2.75, 3.05) is 0 Å². The number of carbonyl (C=O) groups is 2. The monoisotopic (exact) mass is 326 g/mol. The molecule has 0 unspecified atom stereocenters. The van der Waals surface area contributed by atoms with Gasteiger partial charge in [-0.1, -0.05) is 39.0 Å². The van der Waals surface area contributed by atoms with Gasteiger partial charge in [0.15, 0.2) is 0 Å². The second-order valence-corrected chi connectivity index (χ2v) is 5.39. The molecule has 0 radical (unpaired) electrons. The molecule has 0 aliphatic rings. The molecule has 20 heavy (non-hydrogen) atoms. The van der Waals surface area contributed by atoms with Crippen molar-refractivity contribution in [3.8, 4) is 0 Å². The van der Waals surface area contributed by atoms with Crippen LogP contribution in [-0.4, -0.2) is 11.9 Å². The number of carboxylic acid groups (broad SMARTS) is 2. The van der Waals surface area contributed by atoms with Gasteiger partial charge in [0.25, 0.3) is 0 Å². The van der Waals surface area contributed by atoms with E-state index in [-0.39, 0.29) is 114 Å². The van der Waals surface area contributed by atoms with Crippen molar-refractivity contribution in [2.24, 2.45) is 0 Å². The van der Waals surface area contributed by atoms with Gasteiger partial charge in [-0.3, -0.25) is 0 Å². The molecule has 98 valence electrons. The number of carboxylic acids is 2. The Bertz CT molecular complexity index is 478. The van der Waals surface area contributed by atoms with Gasteiger partial charge in [0.2, 0.25) is 0 Å². The van der Waals surface area contributed by atoms with E-state index < -0.39 is 17.9 Å². The minimum absolute atomic E-state index is 0. The molecule has 0 heterocycles. The smallest absolute Gasteiger partial charge is 0.549 e. The van der Waals surface area contributed by atoms with Crippen molar-refractivity contribution < 1.29 is 123 Å². The van der Waals surface area contributed by atoms with Gasteiger partial charge in [0.1, 0.15) is 0 Å². The Morgan fingerprint density at radius 1 is 1.05 bits per heavy atom. The van der Waals surface area contributed by atoms with Gasteiger partial charge >= 0.3 is 103 Å². The van der Waals surface area contributed by atoms with Crippen molar-refractivity contribution in [1.82, 2.24) is 0 Å². The molecule has 0 bridgehead atoms. The van der Waals surface area contributed by atoms with Crippen LogP contribution in [0.1, 0.15) is 43.4 Å². The molecule has 1 rings (SSSR count). The largest absolute Gasteiger partial charge is 1.00 e. The Kier molecular flexibility index (Phi) is 11.3. The van der Waals surface area contributed by atoms with E-state index in [2.05, 4.69) is 0 Å². The zero-order chi connectivity index (χ0) is 14.1. The fourth-order valence-electron chi connectivity index (χ4n) is 1.82. The topological polar surface area (TPSA) is 80.3 Å². The molecule has 0 N–H and O–H groups in total. The molecule has 0 atom stereocenters. The Balaban J connectivity index is 0. The van der Waals surface area contributed by atoms with Gasteiger partial charge in [-0.05, 0) is 29.0 Å². The summed E-state index contributed by atoms with van der Waals surface area (Å²) in [5.41, 5.74) is 1.75. The van der Waals surface area contributed by atoms with Crippen LogP contribution in [0, 0.1) is 6.92 Å². The quantitative estimate of drug-likeness (QED) is 0.409. The minimum atomic E-state index is -1.72. The van der Waals surface area contributed by atoms with Gasteiger partial charge in [0, 0.05) is 0 Å². The first-order valence-corrected chi connectivity index (χ1v) is 5.67. The molecule has 1 aromatic carbocycles. The van der Waals surface area contributed by atoms with Gasteiger partial charge in [-0.2, -0.15) is 0 Å². The Labute approximate surface area is 204 Å². The number of carbonyl (C=O) groups excluding carboxylic acids is 2. The standard InChI is InChI=1S/C14H18O4.2K/c1-8-7-9(14(2,3)4)5-6-10(8)11(12(15)16)13(17)18;;/h5-7,11H,1-4H3,(H,15,16)(H,17,18);;/q;2*+1/p-2. The summed E-state index contributed by atoms with van der Waals surface area (Å²) < 4.78 is 0. The van der Waals surface area contributed by atoms with E-state index >= 15 is 0 Å². The van der Waals surface area contributed by atoms with E-state index in [9.17, 15) is 19.8 Å². The summed E-state index contributed by atoms with van der Waals surface area (Å²) in [5, 5.41) is 21.7. The van der Waals surface area contributed by atoms with E-state index in [4.69, 9.17) is 0 Å². The molecule has 0 spiro atoms. The summed E-state index contributed by atoms with van der Waals surface area (Å²) in [5.74, 6) is -5.03. The van der Waals surface area contributed by atoms with Gasteiger partial charge in [-0.15, -0.1) is 0 Å². The second kappa shape index (κ2) is 9.54. The maximum absolute atomic E-state index is 10.8. The number of aryl methyl sites for hydroxylation is 1. The molecule has 0 aliphatic carbocycles. The molecule has 1 aromatic rings. The van der Waals surface area contributed by atoms with Crippen LogP contribution in [0.25, 0.3) is 0 Å². The molecule has 0 amide bonds. The first-order chi connectivity index (χ1) is 8.14. The summed E-state index contributed by atoms with van der Waals surface area (Å²) in [4.78, 5) is 21.7. The van der Waals surface area contributed by atoms with Gasteiger partial charge < -0.3 is 19.8 Å². The van der Waals surface area contributed by atoms with E-state index in [0.29, 0.717) is 5.56 Å². The van der Waals surface area contributed by atoms with Crippen LogP contribution >= 0.6 is 0 Å². The summed E-state index contributed by atoms with van der Waals surface area (Å²) in [7, 11) is 0. The number of hydrogen-bond donors (Lipinski definition) is 0. The summed E-state index contributed by atoms with van der Waals surface area (Å²) >= 11 is 0. The van der Waals surface area contributed by atoms with E-state index in [1.807, 2.05) is 20.8 Å². The zero-order valence-electron chi connectivity index (χ0n) is 12.9. The van der Waals surface area contributed by atoms with Crippen molar-refractivity contribution in [1.29, 1.82) is 0 Å². The van der Waals surface area contributed by atoms with Gasteiger partial charge in [0.05, 0.1) is 17.9 Å². The fourth-order valence-corrected chi connectivity index (χ4v) is 1.82. The fraction of sp³-hybridized carbons (Fsp3) is 0.429. The Morgan fingerprint density at radius 3 is 1.80 bits per heavy atom. The molecular weight excluding hydrogens is 310 g/mol. The maximum atomic E-state index is 10.8.